The molecule has 6 nitrogen and oxygen atoms in total. The molecule has 0 aromatic carbocycles. The molecule has 2 aliphatic heterocycles. The van der Waals surface area contributed by atoms with E-state index in [1.54, 1.807) is 0 Å². The van der Waals surface area contributed by atoms with Crippen molar-refractivity contribution < 1.29 is 4.79 Å². The number of aromatic nitrogens is 2. The Labute approximate surface area is 131 Å². The SMILES string of the molecule is CCNC(=O)C1CCN(c2nc(C)nc3c2CCNCC3)C1. The van der Waals surface area contributed by atoms with E-state index in [0.717, 1.165) is 57.1 Å². The molecule has 1 aromatic rings. The van der Waals surface area contributed by atoms with Gasteiger partial charge in [-0.25, -0.2) is 9.97 Å². The molecule has 3 rings (SSSR count). The summed E-state index contributed by atoms with van der Waals surface area (Å²) in [6, 6.07) is 0. The van der Waals surface area contributed by atoms with Crippen molar-refractivity contribution in [2.75, 3.05) is 37.6 Å². The van der Waals surface area contributed by atoms with Gasteiger partial charge in [0.1, 0.15) is 11.6 Å². The van der Waals surface area contributed by atoms with Gasteiger partial charge in [-0.15, -0.1) is 0 Å². The molecule has 1 saturated heterocycles. The van der Waals surface area contributed by atoms with Crippen LogP contribution in [0, 0.1) is 12.8 Å². The van der Waals surface area contributed by atoms with E-state index >= 15 is 0 Å². The first-order valence-corrected chi connectivity index (χ1v) is 8.28. The van der Waals surface area contributed by atoms with Crippen LogP contribution in [-0.2, 0) is 17.6 Å². The highest BCUT2D eigenvalue weighted by Gasteiger charge is 2.31. The molecule has 120 valence electrons. The van der Waals surface area contributed by atoms with Gasteiger partial charge < -0.3 is 15.5 Å². The van der Waals surface area contributed by atoms with Crippen molar-refractivity contribution in [2.24, 2.45) is 5.92 Å². The monoisotopic (exact) mass is 303 g/mol. The van der Waals surface area contributed by atoms with Gasteiger partial charge in [-0.3, -0.25) is 4.79 Å². The van der Waals surface area contributed by atoms with Gasteiger partial charge in [0.2, 0.25) is 5.91 Å². The van der Waals surface area contributed by atoms with Gasteiger partial charge in [-0.2, -0.15) is 0 Å². The maximum Gasteiger partial charge on any atom is 0.224 e. The first-order valence-electron chi connectivity index (χ1n) is 8.28. The predicted octanol–water partition coefficient (Wildman–Crippen LogP) is 0.436. The van der Waals surface area contributed by atoms with Crippen molar-refractivity contribution >= 4 is 11.7 Å². The van der Waals surface area contributed by atoms with Crippen LogP contribution < -0.4 is 15.5 Å². The van der Waals surface area contributed by atoms with Crippen LogP contribution >= 0.6 is 0 Å². The molecular weight excluding hydrogens is 278 g/mol. The molecule has 1 atom stereocenters. The fourth-order valence-electron chi connectivity index (χ4n) is 3.39. The summed E-state index contributed by atoms with van der Waals surface area (Å²) in [4.78, 5) is 23.7. The molecule has 0 aliphatic carbocycles. The predicted molar refractivity (Wildman–Crippen MR) is 86.1 cm³/mol. The lowest BCUT2D eigenvalue weighted by molar-refractivity contribution is -0.124. The Bertz CT molecular complexity index is 560. The van der Waals surface area contributed by atoms with Crippen LogP contribution in [-0.4, -0.2) is 48.6 Å². The molecule has 0 bridgehead atoms. The summed E-state index contributed by atoms with van der Waals surface area (Å²) in [5, 5.41) is 6.36. The summed E-state index contributed by atoms with van der Waals surface area (Å²) < 4.78 is 0. The molecule has 3 heterocycles. The molecule has 2 N–H and O–H groups in total. The van der Waals surface area contributed by atoms with E-state index in [1.807, 2.05) is 13.8 Å². The number of nitrogens with zero attached hydrogens (tertiary/aromatic N) is 3. The highest BCUT2D eigenvalue weighted by Crippen LogP contribution is 2.28. The normalized spacial score (nSPS) is 21.4. The molecule has 1 amide bonds. The van der Waals surface area contributed by atoms with Crippen molar-refractivity contribution in [1.29, 1.82) is 0 Å². The van der Waals surface area contributed by atoms with Crippen LogP contribution in [0.3, 0.4) is 0 Å². The Morgan fingerprint density at radius 1 is 1.36 bits per heavy atom. The van der Waals surface area contributed by atoms with E-state index in [0.29, 0.717) is 6.54 Å². The number of anilines is 1. The average molecular weight is 303 g/mol. The highest BCUT2D eigenvalue weighted by molar-refractivity contribution is 5.80. The molecule has 1 fully saturated rings. The summed E-state index contributed by atoms with van der Waals surface area (Å²) in [5.41, 5.74) is 2.45. The second kappa shape index (κ2) is 6.60. The van der Waals surface area contributed by atoms with Crippen molar-refractivity contribution in [3.8, 4) is 0 Å². The largest absolute Gasteiger partial charge is 0.356 e. The third-order valence-corrected chi connectivity index (χ3v) is 4.48. The zero-order valence-corrected chi connectivity index (χ0v) is 13.5. The van der Waals surface area contributed by atoms with Gasteiger partial charge in [0.15, 0.2) is 0 Å². The second-order valence-corrected chi connectivity index (χ2v) is 6.10. The van der Waals surface area contributed by atoms with Crippen LogP contribution in [0.5, 0.6) is 0 Å². The van der Waals surface area contributed by atoms with Crippen LogP contribution in [0.25, 0.3) is 0 Å². The minimum Gasteiger partial charge on any atom is -0.356 e. The van der Waals surface area contributed by atoms with Gasteiger partial charge in [0.25, 0.3) is 0 Å². The van der Waals surface area contributed by atoms with E-state index in [4.69, 9.17) is 4.98 Å². The number of hydrogen-bond donors (Lipinski definition) is 2. The van der Waals surface area contributed by atoms with E-state index in [1.165, 1.54) is 11.3 Å². The Balaban J connectivity index is 1.83. The van der Waals surface area contributed by atoms with Crippen molar-refractivity contribution in [1.82, 2.24) is 20.6 Å². The average Bonchev–Trinajstić information content (AvgIpc) is 2.87. The van der Waals surface area contributed by atoms with Crippen LogP contribution in [0.1, 0.15) is 30.4 Å². The Hall–Kier alpha value is -1.69. The lowest BCUT2D eigenvalue weighted by atomic mass is 10.1. The summed E-state index contributed by atoms with van der Waals surface area (Å²) in [6.07, 6.45) is 2.83. The molecule has 1 unspecified atom stereocenters. The second-order valence-electron chi connectivity index (χ2n) is 6.10. The van der Waals surface area contributed by atoms with Gasteiger partial charge >= 0.3 is 0 Å². The molecule has 1 aromatic heterocycles. The quantitative estimate of drug-likeness (QED) is 0.848. The Morgan fingerprint density at radius 2 is 2.18 bits per heavy atom. The Morgan fingerprint density at radius 3 is 3.00 bits per heavy atom. The smallest absolute Gasteiger partial charge is 0.224 e. The summed E-state index contributed by atoms with van der Waals surface area (Å²) >= 11 is 0. The standard InChI is InChI=1S/C16H25N5O/c1-3-18-16(22)12-6-9-21(10-12)15-13-4-7-17-8-5-14(13)19-11(2)20-15/h12,17H,3-10H2,1-2H3,(H,18,22). The van der Waals surface area contributed by atoms with Crippen LogP contribution in [0.4, 0.5) is 5.82 Å². The molecule has 0 spiro atoms. The van der Waals surface area contributed by atoms with Gasteiger partial charge in [0.05, 0.1) is 11.6 Å². The number of carbonyl (C=O) groups is 1. The third kappa shape index (κ3) is 3.06. The Kier molecular flexibility index (Phi) is 4.57. The summed E-state index contributed by atoms with van der Waals surface area (Å²) in [5.74, 6) is 2.13. The molecule has 2 aliphatic rings. The molecule has 0 saturated carbocycles. The van der Waals surface area contributed by atoms with Crippen molar-refractivity contribution in [3.63, 3.8) is 0 Å². The first kappa shape index (κ1) is 15.2. The summed E-state index contributed by atoms with van der Waals surface area (Å²) in [7, 11) is 0. The number of hydrogen-bond acceptors (Lipinski definition) is 5. The number of fused-ring (bicyclic) bond motifs is 1. The fourth-order valence-corrected chi connectivity index (χ4v) is 3.39. The number of aryl methyl sites for hydroxylation is 1. The zero-order chi connectivity index (χ0) is 15.5. The van der Waals surface area contributed by atoms with E-state index in [2.05, 4.69) is 20.5 Å². The topological polar surface area (TPSA) is 70.2 Å². The van der Waals surface area contributed by atoms with Crippen LogP contribution in [0.15, 0.2) is 0 Å². The highest BCUT2D eigenvalue weighted by atomic mass is 16.1. The van der Waals surface area contributed by atoms with E-state index in [9.17, 15) is 4.79 Å². The minimum absolute atomic E-state index is 0.0785. The van der Waals surface area contributed by atoms with Crippen molar-refractivity contribution in [2.45, 2.75) is 33.1 Å². The van der Waals surface area contributed by atoms with Gasteiger partial charge in [-0.05, 0) is 33.2 Å². The van der Waals surface area contributed by atoms with Gasteiger partial charge in [0, 0.05) is 38.2 Å². The first-order chi connectivity index (χ1) is 10.7. The number of nitrogens with one attached hydrogen (secondary N) is 2. The van der Waals surface area contributed by atoms with E-state index < -0.39 is 0 Å². The fraction of sp³-hybridized carbons (Fsp3) is 0.688. The maximum atomic E-state index is 12.1. The minimum atomic E-state index is 0.0785. The molecular formula is C16H25N5O. The van der Waals surface area contributed by atoms with Gasteiger partial charge in [-0.1, -0.05) is 0 Å². The van der Waals surface area contributed by atoms with E-state index in [-0.39, 0.29) is 11.8 Å². The molecule has 22 heavy (non-hydrogen) atoms. The van der Waals surface area contributed by atoms with Crippen LogP contribution in [0.2, 0.25) is 0 Å². The molecule has 0 radical (unpaired) electrons. The lowest BCUT2D eigenvalue weighted by Crippen LogP contribution is -2.33. The zero-order valence-electron chi connectivity index (χ0n) is 13.5. The van der Waals surface area contributed by atoms with Crippen molar-refractivity contribution in [3.05, 3.63) is 17.1 Å². The number of carbonyl (C=O) groups excluding carboxylic acids is 1. The number of amides is 1. The molecule has 6 heteroatoms. The number of rotatable bonds is 3. The maximum absolute atomic E-state index is 12.1. The lowest BCUT2D eigenvalue weighted by Gasteiger charge is -2.22. The third-order valence-electron chi connectivity index (χ3n) is 4.48. The summed E-state index contributed by atoms with van der Waals surface area (Å²) in [6.45, 7) is 8.23.